The largest absolute Gasteiger partial charge is 0.478 e. The molecule has 1 aromatic carbocycles. The molecule has 0 saturated heterocycles. The lowest BCUT2D eigenvalue weighted by molar-refractivity contribution is 0.0691. The number of amides is 1. The minimum Gasteiger partial charge on any atom is -0.478 e. The lowest BCUT2D eigenvalue weighted by Gasteiger charge is -2.09. The van der Waals surface area contributed by atoms with Gasteiger partial charge in [0, 0.05) is 6.20 Å². The number of hydrogen-bond acceptors (Lipinski definition) is 3. The first kappa shape index (κ1) is 14.5. The number of rotatable bonds is 3. The predicted molar refractivity (Wildman–Crippen MR) is 65.5 cm³/mol. The van der Waals surface area contributed by atoms with E-state index in [-0.39, 0.29) is 5.69 Å². The van der Waals surface area contributed by atoms with Crippen LogP contribution in [0, 0.1) is 17.5 Å². The molecule has 0 atom stereocenters. The van der Waals surface area contributed by atoms with E-state index in [4.69, 9.17) is 5.11 Å². The van der Waals surface area contributed by atoms with E-state index in [0.717, 1.165) is 12.3 Å². The van der Waals surface area contributed by atoms with E-state index in [9.17, 15) is 22.8 Å². The van der Waals surface area contributed by atoms with Gasteiger partial charge in [0.25, 0.3) is 5.91 Å². The molecule has 0 radical (unpaired) electrons. The number of carbonyl (C=O) groups excluding carboxylic acids is 1. The number of nitrogens with one attached hydrogen (secondary N) is 1. The molecule has 0 bridgehead atoms. The van der Waals surface area contributed by atoms with Crippen LogP contribution in [0.1, 0.15) is 20.7 Å². The second-order valence-corrected chi connectivity index (χ2v) is 3.93. The van der Waals surface area contributed by atoms with Crippen LogP contribution in [0.15, 0.2) is 30.6 Å². The fourth-order valence-corrected chi connectivity index (χ4v) is 1.58. The second kappa shape index (κ2) is 5.61. The maximum atomic E-state index is 13.3. The molecule has 0 saturated carbocycles. The Morgan fingerprint density at radius 2 is 1.67 bits per heavy atom. The Kier molecular flexibility index (Phi) is 3.88. The van der Waals surface area contributed by atoms with Crippen LogP contribution in [0.4, 0.5) is 18.9 Å². The molecule has 0 aliphatic heterocycles. The number of halogens is 3. The van der Waals surface area contributed by atoms with Crippen molar-refractivity contribution in [3.8, 4) is 0 Å². The maximum Gasteiger partial charge on any atom is 0.336 e. The summed E-state index contributed by atoms with van der Waals surface area (Å²) in [7, 11) is 0. The maximum absolute atomic E-state index is 13.3. The van der Waals surface area contributed by atoms with Crippen LogP contribution in [-0.2, 0) is 0 Å². The quantitative estimate of drug-likeness (QED) is 0.911. The van der Waals surface area contributed by atoms with Crippen LogP contribution < -0.4 is 5.32 Å². The van der Waals surface area contributed by atoms with Crippen LogP contribution >= 0.6 is 0 Å². The van der Waals surface area contributed by atoms with Gasteiger partial charge in [0.15, 0.2) is 17.5 Å². The first-order chi connectivity index (χ1) is 9.90. The van der Waals surface area contributed by atoms with Crippen molar-refractivity contribution in [2.24, 2.45) is 0 Å². The number of hydrogen-bond donors (Lipinski definition) is 2. The lowest BCUT2D eigenvalue weighted by atomic mass is 10.1. The number of aromatic nitrogens is 1. The minimum absolute atomic E-state index is 0.268. The number of anilines is 1. The van der Waals surface area contributed by atoms with E-state index in [2.05, 4.69) is 10.3 Å². The van der Waals surface area contributed by atoms with Crippen LogP contribution in [0.5, 0.6) is 0 Å². The van der Waals surface area contributed by atoms with Crippen LogP contribution in [0.3, 0.4) is 0 Å². The summed E-state index contributed by atoms with van der Waals surface area (Å²) < 4.78 is 39.5. The molecule has 0 aliphatic carbocycles. The Labute approximate surface area is 116 Å². The number of nitrogens with zero attached hydrogens (tertiary/aromatic N) is 1. The van der Waals surface area contributed by atoms with Crippen molar-refractivity contribution >= 4 is 17.6 Å². The zero-order valence-electron chi connectivity index (χ0n) is 10.2. The summed E-state index contributed by atoms with van der Waals surface area (Å²) in [5.41, 5.74) is -1.63. The van der Waals surface area contributed by atoms with Gasteiger partial charge in [0.05, 0.1) is 23.0 Å². The van der Waals surface area contributed by atoms with Gasteiger partial charge >= 0.3 is 5.97 Å². The smallest absolute Gasteiger partial charge is 0.336 e. The molecule has 0 fully saturated rings. The summed E-state index contributed by atoms with van der Waals surface area (Å²) in [5.74, 6) is -6.35. The summed E-state index contributed by atoms with van der Waals surface area (Å²) in [6, 6.07) is 1.95. The Morgan fingerprint density at radius 1 is 1.05 bits per heavy atom. The molecule has 2 rings (SSSR count). The van der Waals surface area contributed by atoms with E-state index < -0.39 is 40.5 Å². The van der Waals surface area contributed by atoms with Crippen LogP contribution in [0.25, 0.3) is 0 Å². The van der Waals surface area contributed by atoms with Crippen molar-refractivity contribution in [2.45, 2.75) is 0 Å². The van der Waals surface area contributed by atoms with Crippen molar-refractivity contribution in [3.63, 3.8) is 0 Å². The highest BCUT2D eigenvalue weighted by molar-refractivity contribution is 6.10. The summed E-state index contributed by atoms with van der Waals surface area (Å²) in [5, 5.41) is 11.0. The number of benzene rings is 1. The third-order valence-electron chi connectivity index (χ3n) is 2.56. The number of carboxylic acid groups (broad SMARTS) is 1. The monoisotopic (exact) mass is 296 g/mol. The molecule has 1 aromatic heterocycles. The first-order valence-corrected chi connectivity index (χ1v) is 5.53. The normalized spacial score (nSPS) is 10.2. The highest BCUT2D eigenvalue weighted by atomic mass is 19.2. The fourth-order valence-electron chi connectivity index (χ4n) is 1.58. The molecule has 2 aromatic rings. The zero-order valence-corrected chi connectivity index (χ0v) is 10.2. The summed E-state index contributed by atoms with van der Waals surface area (Å²) >= 11 is 0. The van der Waals surface area contributed by atoms with Gasteiger partial charge in [0.2, 0.25) is 0 Å². The van der Waals surface area contributed by atoms with E-state index in [1.165, 1.54) is 6.20 Å². The Hall–Kier alpha value is -2.90. The predicted octanol–water partition coefficient (Wildman–Crippen LogP) is 2.45. The molecule has 0 unspecified atom stereocenters. The molecule has 0 spiro atoms. The Morgan fingerprint density at radius 3 is 2.24 bits per heavy atom. The first-order valence-electron chi connectivity index (χ1n) is 5.53. The standard InChI is InChI=1S/C13H7F3N2O3/c14-8-3-6(7(13(20)21)4-9(8)15)12(19)18-11-1-2-17-5-10(11)16/h1-5H,(H,20,21)(H,17,18,19). The van der Waals surface area contributed by atoms with Gasteiger partial charge in [-0.3, -0.25) is 9.78 Å². The van der Waals surface area contributed by atoms with E-state index in [1.54, 1.807) is 0 Å². The van der Waals surface area contributed by atoms with Gasteiger partial charge in [-0.15, -0.1) is 0 Å². The van der Waals surface area contributed by atoms with Gasteiger partial charge in [-0.2, -0.15) is 0 Å². The molecule has 8 heteroatoms. The minimum atomic E-state index is -1.62. The van der Waals surface area contributed by atoms with Gasteiger partial charge in [-0.1, -0.05) is 0 Å². The summed E-state index contributed by atoms with van der Waals surface area (Å²) in [6.07, 6.45) is 2.03. The number of carboxylic acids is 1. The summed E-state index contributed by atoms with van der Waals surface area (Å²) in [6.45, 7) is 0. The van der Waals surface area contributed by atoms with E-state index >= 15 is 0 Å². The average Bonchev–Trinajstić information content (AvgIpc) is 2.43. The van der Waals surface area contributed by atoms with Crippen molar-refractivity contribution in [1.29, 1.82) is 0 Å². The summed E-state index contributed by atoms with van der Waals surface area (Å²) in [4.78, 5) is 26.3. The molecular formula is C13H7F3N2O3. The average molecular weight is 296 g/mol. The van der Waals surface area contributed by atoms with Gasteiger partial charge in [0.1, 0.15) is 0 Å². The molecular weight excluding hydrogens is 289 g/mol. The zero-order chi connectivity index (χ0) is 15.6. The molecule has 2 N–H and O–H groups in total. The highest BCUT2D eigenvalue weighted by Crippen LogP contribution is 2.18. The van der Waals surface area contributed by atoms with Crippen molar-refractivity contribution in [3.05, 3.63) is 59.2 Å². The Bertz CT molecular complexity index is 735. The third-order valence-corrected chi connectivity index (χ3v) is 2.56. The second-order valence-electron chi connectivity index (χ2n) is 3.93. The molecule has 1 heterocycles. The van der Waals surface area contributed by atoms with E-state index in [1.807, 2.05) is 0 Å². The van der Waals surface area contributed by atoms with Crippen LogP contribution in [-0.4, -0.2) is 22.0 Å². The van der Waals surface area contributed by atoms with Gasteiger partial charge in [-0.25, -0.2) is 18.0 Å². The molecule has 21 heavy (non-hydrogen) atoms. The molecule has 108 valence electrons. The van der Waals surface area contributed by atoms with Crippen LogP contribution in [0.2, 0.25) is 0 Å². The molecule has 1 amide bonds. The van der Waals surface area contributed by atoms with Crippen molar-refractivity contribution < 1.29 is 27.9 Å². The number of carbonyl (C=O) groups is 2. The van der Waals surface area contributed by atoms with Gasteiger partial charge in [-0.05, 0) is 18.2 Å². The Balaban J connectivity index is 2.42. The number of aromatic carboxylic acids is 1. The molecule has 0 aliphatic rings. The third kappa shape index (κ3) is 2.99. The van der Waals surface area contributed by atoms with Crippen molar-refractivity contribution in [2.75, 3.05) is 5.32 Å². The highest BCUT2D eigenvalue weighted by Gasteiger charge is 2.21. The molecule has 5 nitrogen and oxygen atoms in total. The lowest BCUT2D eigenvalue weighted by Crippen LogP contribution is -2.18. The number of pyridine rings is 1. The fraction of sp³-hybridized carbons (Fsp3) is 0. The SMILES string of the molecule is O=C(O)c1cc(F)c(F)cc1C(=O)Nc1ccncc1F. The van der Waals surface area contributed by atoms with E-state index in [0.29, 0.717) is 12.1 Å². The van der Waals surface area contributed by atoms with Gasteiger partial charge < -0.3 is 10.4 Å². The topological polar surface area (TPSA) is 79.3 Å². The van der Waals surface area contributed by atoms with Crippen molar-refractivity contribution in [1.82, 2.24) is 4.98 Å².